The number of hydrogen-bond donors (Lipinski definition) is 0. The van der Waals surface area contributed by atoms with Crippen molar-refractivity contribution in [1.29, 1.82) is 0 Å². The van der Waals surface area contributed by atoms with Crippen LogP contribution >= 0.6 is 38.5 Å². The molecule has 1 aliphatic heterocycles. The van der Waals surface area contributed by atoms with Crippen molar-refractivity contribution in [2.75, 3.05) is 13.1 Å². The lowest BCUT2D eigenvalue weighted by molar-refractivity contribution is 0.0760. The lowest BCUT2D eigenvalue weighted by Gasteiger charge is -2.21. The largest absolute Gasteiger partial charge is 0.339 e. The van der Waals surface area contributed by atoms with Crippen molar-refractivity contribution in [1.82, 2.24) is 4.90 Å². The van der Waals surface area contributed by atoms with Crippen LogP contribution in [0.25, 0.3) is 0 Å². The lowest BCUT2D eigenvalue weighted by Crippen LogP contribution is -2.32. The smallest absolute Gasteiger partial charge is 0.254 e. The second kappa shape index (κ2) is 6.18. The zero-order valence-corrected chi connectivity index (χ0v) is 13.3. The summed E-state index contributed by atoms with van der Waals surface area (Å²) in [6.45, 7) is 1.81. The van der Waals surface area contributed by atoms with Crippen LogP contribution in [0.15, 0.2) is 22.7 Å². The van der Waals surface area contributed by atoms with E-state index in [0.29, 0.717) is 0 Å². The quantitative estimate of drug-likeness (QED) is 0.642. The van der Waals surface area contributed by atoms with Gasteiger partial charge in [-0.25, -0.2) is 0 Å². The predicted octanol–water partition coefficient (Wildman–Crippen LogP) is 4.07. The maximum absolute atomic E-state index is 12.4. The van der Waals surface area contributed by atoms with E-state index < -0.39 is 0 Å². The Morgan fingerprint density at radius 1 is 1.18 bits per heavy atom. The molecule has 0 N–H and O–H groups in total. The van der Waals surface area contributed by atoms with Crippen molar-refractivity contribution in [2.24, 2.45) is 0 Å². The average Bonchev–Trinajstić information content (AvgIpc) is 2.60. The van der Waals surface area contributed by atoms with Gasteiger partial charge in [-0.05, 0) is 53.6 Å². The standard InChI is InChI=1S/C13H15BrINO/c14-10-5-6-12(15)11(9-10)13(17)16-7-3-1-2-4-8-16/h5-6,9H,1-4,7-8H2. The molecular weight excluding hydrogens is 393 g/mol. The minimum atomic E-state index is 0.178. The Labute approximate surface area is 124 Å². The van der Waals surface area contributed by atoms with E-state index in [4.69, 9.17) is 0 Å². The van der Waals surface area contributed by atoms with Crippen LogP contribution < -0.4 is 0 Å². The van der Waals surface area contributed by atoms with Crippen LogP contribution in [0, 0.1) is 3.57 Å². The number of carbonyl (C=O) groups is 1. The zero-order chi connectivity index (χ0) is 12.3. The summed E-state index contributed by atoms with van der Waals surface area (Å²) >= 11 is 5.66. The number of likely N-dealkylation sites (tertiary alicyclic amines) is 1. The first kappa shape index (κ1) is 13.3. The highest BCUT2D eigenvalue weighted by atomic mass is 127. The van der Waals surface area contributed by atoms with Crippen molar-refractivity contribution in [3.63, 3.8) is 0 Å². The van der Waals surface area contributed by atoms with Crippen molar-refractivity contribution >= 4 is 44.4 Å². The third kappa shape index (κ3) is 3.44. The Balaban J connectivity index is 2.20. The minimum Gasteiger partial charge on any atom is -0.339 e. The molecule has 0 aliphatic carbocycles. The van der Waals surface area contributed by atoms with Gasteiger partial charge in [-0.1, -0.05) is 28.8 Å². The minimum absolute atomic E-state index is 0.178. The zero-order valence-electron chi connectivity index (χ0n) is 9.59. The summed E-state index contributed by atoms with van der Waals surface area (Å²) < 4.78 is 2.00. The molecule has 1 fully saturated rings. The summed E-state index contributed by atoms with van der Waals surface area (Å²) in [5, 5.41) is 0. The predicted molar refractivity (Wildman–Crippen MR) is 81.2 cm³/mol. The van der Waals surface area contributed by atoms with E-state index >= 15 is 0 Å². The van der Waals surface area contributed by atoms with E-state index in [1.165, 1.54) is 12.8 Å². The molecule has 0 saturated carbocycles. The van der Waals surface area contributed by atoms with Gasteiger partial charge < -0.3 is 4.90 Å². The first-order valence-corrected chi connectivity index (χ1v) is 7.80. The van der Waals surface area contributed by atoms with Crippen LogP contribution in [0.4, 0.5) is 0 Å². The summed E-state index contributed by atoms with van der Waals surface area (Å²) in [5.41, 5.74) is 0.821. The van der Waals surface area contributed by atoms with Crippen LogP contribution in [-0.4, -0.2) is 23.9 Å². The summed E-state index contributed by atoms with van der Waals surface area (Å²) in [5.74, 6) is 0.178. The molecule has 1 saturated heterocycles. The molecule has 0 bridgehead atoms. The monoisotopic (exact) mass is 407 g/mol. The molecule has 2 nitrogen and oxygen atoms in total. The molecule has 1 aliphatic rings. The summed E-state index contributed by atoms with van der Waals surface area (Å²) in [7, 11) is 0. The fraction of sp³-hybridized carbons (Fsp3) is 0.462. The van der Waals surface area contributed by atoms with Gasteiger partial charge in [0.2, 0.25) is 0 Å². The van der Waals surface area contributed by atoms with Crippen LogP contribution in [0.2, 0.25) is 0 Å². The van der Waals surface area contributed by atoms with Gasteiger partial charge in [0.05, 0.1) is 5.56 Å². The summed E-state index contributed by atoms with van der Waals surface area (Å²) in [4.78, 5) is 14.4. The number of rotatable bonds is 1. The lowest BCUT2D eigenvalue weighted by atomic mass is 10.2. The van der Waals surface area contributed by atoms with E-state index in [9.17, 15) is 4.79 Å². The van der Waals surface area contributed by atoms with Crippen molar-refractivity contribution in [3.8, 4) is 0 Å². The summed E-state index contributed by atoms with van der Waals surface area (Å²) in [6, 6.07) is 5.88. The van der Waals surface area contributed by atoms with Crippen LogP contribution in [-0.2, 0) is 0 Å². The normalized spacial score (nSPS) is 16.7. The molecule has 1 aromatic carbocycles. The second-order valence-corrected chi connectivity index (χ2v) is 6.41. The fourth-order valence-electron chi connectivity index (χ4n) is 2.11. The van der Waals surface area contributed by atoms with Crippen molar-refractivity contribution in [3.05, 3.63) is 31.8 Å². The van der Waals surface area contributed by atoms with E-state index in [-0.39, 0.29) is 5.91 Å². The Kier molecular flexibility index (Phi) is 4.85. The first-order valence-electron chi connectivity index (χ1n) is 5.93. The molecule has 0 atom stereocenters. The molecule has 0 unspecified atom stereocenters. The second-order valence-electron chi connectivity index (χ2n) is 4.33. The molecule has 4 heteroatoms. The number of hydrogen-bond acceptors (Lipinski definition) is 1. The van der Waals surface area contributed by atoms with Crippen LogP contribution in [0.3, 0.4) is 0 Å². The average molecular weight is 408 g/mol. The molecule has 92 valence electrons. The molecule has 0 radical (unpaired) electrons. The molecule has 1 amide bonds. The highest BCUT2D eigenvalue weighted by molar-refractivity contribution is 14.1. The van der Waals surface area contributed by atoms with Gasteiger partial charge in [-0.2, -0.15) is 0 Å². The summed E-state index contributed by atoms with van der Waals surface area (Å²) in [6.07, 6.45) is 4.77. The Hall–Kier alpha value is -0.100. The Bertz CT molecular complexity index is 414. The maximum atomic E-state index is 12.4. The Morgan fingerprint density at radius 3 is 2.47 bits per heavy atom. The van der Waals surface area contributed by atoms with Crippen LogP contribution in [0.5, 0.6) is 0 Å². The molecule has 0 spiro atoms. The van der Waals surface area contributed by atoms with E-state index in [2.05, 4.69) is 38.5 Å². The Morgan fingerprint density at radius 2 is 1.82 bits per heavy atom. The molecule has 0 aromatic heterocycles. The maximum Gasteiger partial charge on any atom is 0.254 e. The fourth-order valence-corrected chi connectivity index (χ4v) is 3.03. The number of nitrogens with zero attached hydrogens (tertiary/aromatic N) is 1. The third-order valence-corrected chi connectivity index (χ3v) is 4.49. The van der Waals surface area contributed by atoms with Gasteiger partial charge >= 0.3 is 0 Å². The third-order valence-electron chi connectivity index (χ3n) is 3.05. The van der Waals surface area contributed by atoms with E-state index in [1.54, 1.807) is 0 Å². The van der Waals surface area contributed by atoms with Gasteiger partial charge in [-0.15, -0.1) is 0 Å². The SMILES string of the molecule is O=C(c1cc(Br)ccc1I)N1CCCCCC1. The number of benzene rings is 1. The highest BCUT2D eigenvalue weighted by Gasteiger charge is 2.19. The van der Waals surface area contributed by atoms with E-state index in [0.717, 1.165) is 39.5 Å². The molecule has 1 heterocycles. The van der Waals surface area contributed by atoms with Gasteiger partial charge in [0.15, 0.2) is 0 Å². The van der Waals surface area contributed by atoms with Gasteiger partial charge in [0.1, 0.15) is 0 Å². The number of amides is 1. The first-order chi connectivity index (χ1) is 8.18. The van der Waals surface area contributed by atoms with Crippen molar-refractivity contribution < 1.29 is 4.79 Å². The van der Waals surface area contributed by atoms with Crippen molar-refractivity contribution in [2.45, 2.75) is 25.7 Å². The van der Waals surface area contributed by atoms with Gasteiger partial charge in [0.25, 0.3) is 5.91 Å². The van der Waals surface area contributed by atoms with Gasteiger partial charge in [-0.3, -0.25) is 4.79 Å². The molecule has 1 aromatic rings. The topological polar surface area (TPSA) is 20.3 Å². The van der Waals surface area contributed by atoms with E-state index in [1.807, 2.05) is 23.1 Å². The number of carbonyl (C=O) groups excluding carboxylic acids is 1. The molecular formula is C13H15BrINO. The van der Waals surface area contributed by atoms with Gasteiger partial charge in [0, 0.05) is 21.1 Å². The highest BCUT2D eigenvalue weighted by Crippen LogP contribution is 2.21. The van der Waals surface area contributed by atoms with Crippen LogP contribution in [0.1, 0.15) is 36.0 Å². The molecule has 17 heavy (non-hydrogen) atoms. The number of halogens is 2. The molecule has 2 rings (SSSR count).